The Bertz CT molecular complexity index is 702. The van der Waals surface area contributed by atoms with Crippen LogP contribution in [0.2, 0.25) is 0 Å². The van der Waals surface area contributed by atoms with Crippen LogP contribution in [0.5, 0.6) is 0 Å². The summed E-state index contributed by atoms with van der Waals surface area (Å²) >= 11 is 0.770. The molecule has 3 nitrogen and oxygen atoms in total. The first-order valence-electron chi connectivity index (χ1n) is 6.93. The highest BCUT2D eigenvalue weighted by Crippen LogP contribution is 2.38. The third kappa shape index (κ3) is 3.72. The van der Waals surface area contributed by atoms with E-state index < -0.39 is 17.4 Å². The molecule has 2 aromatic rings. The molecule has 2 rings (SSSR count). The number of hydrogen-bond acceptors (Lipinski definition) is 4. The molecule has 124 valence electrons. The van der Waals surface area contributed by atoms with Crippen molar-refractivity contribution in [3.05, 3.63) is 40.9 Å². The van der Waals surface area contributed by atoms with E-state index in [2.05, 4.69) is 4.98 Å². The number of carbonyl (C=O) groups excluding carboxylic acids is 1. The van der Waals surface area contributed by atoms with E-state index in [0.717, 1.165) is 17.0 Å². The second-order valence-electron chi connectivity index (χ2n) is 6.15. The molecule has 1 aromatic carbocycles. The summed E-state index contributed by atoms with van der Waals surface area (Å²) in [5.74, 6) is -1.84. The molecule has 0 saturated carbocycles. The first kappa shape index (κ1) is 17.5. The van der Waals surface area contributed by atoms with Gasteiger partial charge in [-0.3, -0.25) is 4.79 Å². The zero-order valence-corrected chi connectivity index (χ0v) is 14.0. The smallest absolute Gasteiger partial charge is 0.321 e. The predicted molar refractivity (Wildman–Crippen MR) is 85.7 cm³/mol. The summed E-state index contributed by atoms with van der Waals surface area (Å²) in [6, 6.07) is 9.14. The average molecular weight is 342 g/mol. The maximum atomic E-state index is 12.9. The van der Waals surface area contributed by atoms with Gasteiger partial charge in [-0.15, -0.1) is 0 Å². The number of carbonyl (C=O) groups is 1. The van der Waals surface area contributed by atoms with Gasteiger partial charge in [0.25, 0.3) is 5.78 Å². The molecule has 0 unspecified atom stereocenters. The Labute approximate surface area is 136 Å². The van der Waals surface area contributed by atoms with Gasteiger partial charge in [-0.1, -0.05) is 50.3 Å². The quantitative estimate of drug-likeness (QED) is 0.740. The van der Waals surface area contributed by atoms with Crippen molar-refractivity contribution in [1.29, 1.82) is 0 Å². The van der Waals surface area contributed by atoms with Gasteiger partial charge in [0.05, 0.1) is 5.69 Å². The fourth-order valence-electron chi connectivity index (χ4n) is 2.01. The van der Waals surface area contributed by atoms with E-state index in [1.54, 1.807) is 32.7 Å². The summed E-state index contributed by atoms with van der Waals surface area (Å²) in [6.45, 7) is 5.21. The van der Waals surface area contributed by atoms with Crippen molar-refractivity contribution in [2.75, 3.05) is 11.9 Å². The Morgan fingerprint density at radius 1 is 1.13 bits per heavy atom. The lowest BCUT2D eigenvalue weighted by Crippen LogP contribution is -2.25. The number of anilines is 2. The maximum absolute atomic E-state index is 12.9. The number of Topliss-reactive ketones (excluding diaryl/α,β-unsaturated/α-hetero) is 1. The number of nitrogens with zero attached hydrogens (tertiary/aromatic N) is 2. The van der Waals surface area contributed by atoms with Crippen LogP contribution in [0.1, 0.15) is 36.1 Å². The molecule has 0 bridgehead atoms. The standard InChI is InChI=1S/C16H17F3N2OS/c1-15(2,3)12-11(13(22)16(17,18)19)23-14(20-12)21(4)10-8-6-5-7-9-10/h5-9H,1-4H3. The van der Waals surface area contributed by atoms with E-state index >= 15 is 0 Å². The minimum Gasteiger partial charge on any atom is -0.321 e. The molecule has 0 aliphatic carbocycles. The fourth-order valence-corrected chi connectivity index (χ4v) is 3.22. The number of thiazole rings is 1. The normalized spacial score (nSPS) is 12.3. The van der Waals surface area contributed by atoms with Crippen LogP contribution >= 0.6 is 11.3 Å². The van der Waals surface area contributed by atoms with Crippen molar-refractivity contribution >= 4 is 27.9 Å². The number of rotatable bonds is 3. The molecule has 1 aromatic heterocycles. The lowest BCUT2D eigenvalue weighted by Gasteiger charge is -2.18. The van der Waals surface area contributed by atoms with Gasteiger partial charge in [0.15, 0.2) is 5.13 Å². The molecule has 0 spiro atoms. The zero-order valence-electron chi connectivity index (χ0n) is 13.2. The molecule has 0 fully saturated rings. The lowest BCUT2D eigenvalue weighted by atomic mass is 9.90. The average Bonchev–Trinajstić information content (AvgIpc) is 2.90. The summed E-state index contributed by atoms with van der Waals surface area (Å²) in [4.78, 5) is 17.4. The van der Waals surface area contributed by atoms with Crippen LogP contribution in [0.15, 0.2) is 30.3 Å². The van der Waals surface area contributed by atoms with Gasteiger partial charge in [0, 0.05) is 18.2 Å². The number of aromatic nitrogens is 1. The molecule has 0 radical (unpaired) electrons. The molecule has 7 heteroatoms. The first-order chi connectivity index (χ1) is 10.5. The van der Waals surface area contributed by atoms with E-state index in [1.807, 2.05) is 30.3 Å². The highest BCUT2D eigenvalue weighted by Gasteiger charge is 2.43. The van der Waals surface area contributed by atoms with Crippen molar-refractivity contribution in [3.8, 4) is 0 Å². The highest BCUT2D eigenvalue weighted by molar-refractivity contribution is 7.17. The molecule has 23 heavy (non-hydrogen) atoms. The summed E-state index contributed by atoms with van der Waals surface area (Å²) < 4.78 is 38.6. The van der Waals surface area contributed by atoms with Crippen molar-refractivity contribution in [1.82, 2.24) is 4.98 Å². The van der Waals surface area contributed by atoms with Gasteiger partial charge in [0.2, 0.25) is 0 Å². The van der Waals surface area contributed by atoms with E-state index in [0.29, 0.717) is 5.13 Å². The van der Waals surface area contributed by atoms with Crippen LogP contribution in [-0.4, -0.2) is 24.0 Å². The monoisotopic (exact) mass is 342 g/mol. The van der Waals surface area contributed by atoms with Gasteiger partial charge in [0.1, 0.15) is 4.88 Å². The van der Waals surface area contributed by atoms with E-state index in [4.69, 9.17) is 0 Å². The Hall–Kier alpha value is -1.89. The second-order valence-corrected chi connectivity index (χ2v) is 7.12. The van der Waals surface area contributed by atoms with Crippen LogP contribution in [0.3, 0.4) is 0 Å². The fraction of sp³-hybridized carbons (Fsp3) is 0.375. The van der Waals surface area contributed by atoms with Crippen molar-refractivity contribution in [3.63, 3.8) is 0 Å². The number of ketones is 1. The first-order valence-corrected chi connectivity index (χ1v) is 7.75. The number of halogens is 3. The van der Waals surface area contributed by atoms with Crippen LogP contribution in [-0.2, 0) is 5.41 Å². The van der Waals surface area contributed by atoms with Gasteiger partial charge in [-0.05, 0) is 12.1 Å². The number of alkyl halides is 3. The van der Waals surface area contributed by atoms with Crippen LogP contribution in [0, 0.1) is 0 Å². The minimum atomic E-state index is -4.91. The molecule has 1 heterocycles. The highest BCUT2D eigenvalue weighted by atomic mass is 32.1. The largest absolute Gasteiger partial charge is 0.455 e. The van der Waals surface area contributed by atoms with Crippen LogP contribution < -0.4 is 4.90 Å². The van der Waals surface area contributed by atoms with Gasteiger partial charge >= 0.3 is 6.18 Å². The molecule has 0 atom stereocenters. The Morgan fingerprint density at radius 2 is 1.70 bits per heavy atom. The summed E-state index contributed by atoms with van der Waals surface area (Å²) in [6.07, 6.45) is -4.91. The maximum Gasteiger partial charge on any atom is 0.455 e. The van der Waals surface area contributed by atoms with Crippen LogP contribution in [0.4, 0.5) is 24.0 Å². The van der Waals surface area contributed by atoms with Gasteiger partial charge in [-0.25, -0.2) is 4.98 Å². The van der Waals surface area contributed by atoms with Crippen molar-refractivity contribution in [2.24, 2.45) is 0 Å². The molecular formula is C16H17F3N2OS. The Kier molecular flexibility index (Phi) is 4.52. The molecule has 0 saturated heterocycles. The van der Waals surface area contributed by atoms with Crippen molar-refractivity contribution < 1.29 is 18.0 Å². The molecule has 0 aliphatic rings. The summed E-state index contributed by atoms with van der Waals surface area (Å²) in [5, 5.41) is 0.355. The minimum absolute atomic E-state index is 0.169. The third-order valence-corrected chi connectivity index (χ3v) is 4.35. The second kappa shape index (κ2) is 5.96. The van der Waals surface area contributed by atoms with E-state index in [9.17, 15) is 18.0 Å². The summed E-state index contributed by atoms with van der Waals surface area (Å²) in [7, 11) is 1.71. The predicted octanol–water partition coefficient (Wildman–Crippen LogP) is 4.95. The Morgan fingerprint density at radius 3 is 2.17 bits per heavy atom. The molecule has 0 N–H and O–H groups in total. The molecule has 0 aliphatic heterocycles. The SMILES string of the molecule is CN(c1ccccc1)c1nc(C(C)(C)C)c(C(=O)C(F)(F)F)s1. The third-order valence-electron chi connectivity index (χ3n) is 3.22. The zero-order chi connectivity index (χ0) is 17.4. The number of benzene rings is 1. The van der Waals surface area contributed by atoms with Crippen molar-refractivity contribution in [2.45, 2.75) is 32.4 Å². The Balaban J connectivity index is 2.52. The van der Waals surface area contributed by atoms with E-state index in [-0.39, 0.29) is 10.6 Å². The van der Waals surface area contributed by atoms with Gasteiger partial charge < -0.3 is 4.90 Å². The van der Waals surface area contributed by atoms with Gasteiger partial charge in [-0.2, -0.15) is 13.2 Å². The summed E-state index contributed by atoms with van der Waals surface area (Å²) in [5.41, 5.74) is 0.290. The number of para-hydroxylation sites is 1. The van der Waals surface area contributed by atoms with E-state index in [1.165, 1.54) is 0 Å². The topological polar surface area (TPSA) is 33.2 Å². The molecule has 0 amide bonds. The lowest BCUT2D eigenvalue weighted by molar-refractivity contribution is -0.0883. The molecular weight excluding hydrogens is 325 g/mol. The van der Waals surface area contributed by atoms with Crippen LogP contribution in [0.25, 0.3) is 0 Å². The number of hydrogen-bond donors (Lipinski definition) is 0.